The van der Waals surface area contributed by atoms with E-state index in [-0.39, 0.29) is 22.4 Å². The van der Waals surface area contributed by atoms with Crippen LogP contribution in [0.1, 0.15) is 11.3 Å². The summed E-state index contributed by atoms with van der Waals surface area (Å²) in [4.78, 5) is 12.5. The maximum Gasteiger partial charge on any atom is 0.453 e. The molecule has 8 heteroatoms. The number of rotatable bonds is 2. The van der Waals surface area contributed by atoms with Crippen molar-refractivity contribution in [1.29, 1.82) is 0 Å². The molecule has 0 aliphatic heterocycles. The Morgan fingerprint density at radius 1 is 1.12 bits per heavy atom. The number of phenols is 1. The SMILES string of the molecule is Cc1cc2c(=O)c(Oc3ccc(F)cc3)c(C(F)(F)F)oc2cc1O. The molecule has 0 radical (unpaired) electrons. The Balaban J connectivity index is 2.27. The highest BCUT2D eigenvalue weighted by Crippen LogP contribution is 2.39. The van der Waals surface area contributed by atoms with Crippen LogP contribution in [0, 0.1) is 12.7 Å². The molecular weight excluding hydrogens is 344 g/mol. The van der Waals surface area contributed by atoms with Crippen molar-refractivity contribution in [2.24, 2.45) is 0 Å². The quantitative estimate of drug-likeness (QED) is 0.674. The van der Waals surface area contributed by atoms with Crippen molar-refractivity contribution in [3.63, 3.8) is 0 Å². The first kappa shape index (κ1) is 16.8. The van der Waals surface area contributed by atoms with Crippen molar-refractivity contribution in [3.8, 4) is 17.2 Å². The Labute approximate surface area is 137 Å². The molecule has 0 bridgehead atoms. The van der Waals surface area contributed by atoms with E-state index in [1.54, 1.807) is 0 Å². The molecule has 1 N–H and O–H groups in total. The number of hydrogen-bond acceptors (Lipinski definition) is 4. The van der Waals surface area contributed by atoms with Crippen LogP contribution in [0.15, 0.2) is 45.6 Å². The summed E-state index contributed by atoms with van der Waals surface area (Å²) in [6, 6.07) is 6.26. The normalized spacial score (nSPS) is 11.7. The van der Waals surface area contributed by atoms with Crippen LogP contribution in [0.3, 0.4) is 0 Å². The first-order valence-corrected chi connectivity index (χ1v) is 6.98. The van der Waals surface area contributed by atoms with Crippen LogP contribution < -0.4 is 10.2 Å². The largest absolute Gasteiger partial charge is 0.508 e. The average Bonchev–Trinajstić information content (AvgIpc) is 2.53. The van der Waals surface area contributed by atoms with Gasteiger partial charge in [-0.3, -0.25) is 4.79 Å². The van der Waals surface area contributed by atoms with Gasteiger partial charge in [0.05, 0.1) is 5.39 Å². The Morgan fingerprint density at radius 3 is 2.36 bits per heavy atom. The Hall–Kier alpha value is -3.03. The van der Waals surface area contributed by atoms with Crippen LogP contribution in [-0.4, -0.2) is 5.11 Å². The van der Waals surface area contributed by atoms with E-state index in [1.807, 2.05) is 0 Å². The van der Waals surface area contributed by atoms with Gasteiger partial charge in [0, 0.05) is 6.07 Å². The molecule has 0 saturated heterocycles. The summed E-state index contributed by atoms with van der Waals surface area (Å²) in [5.41, 5.74) is -1.19. The lowest BCUT2D eigenvalue weighted by Crippen LogP contribution is -2.15. The Morgan fingerprint density at radius 2 is 1.76 bits per heavy atom. The topological polar surface area (TPSA) is 59.7 Å². The molecule has 0 unspecified atom stereocenters. The molecule has 3 aromatic rings. The third-order valence-corrected chi connectivity index (χ3v) is 3.46. The first-order valence-electron chi connectivity index (χ1n) is 6.98. The van der Waals surface area contributed by atoms with Gasteiger partial charge in [-0.1, -0.05) is 0 Å². The predicted molar refractivity (Wildman–Crippen MR) is 80.4 cm³/mol. The van der Waals surface area contributed by atoms with Gasteiger partial charge in [0.2, 0.25) is 11.2 Å². The van der Waals surface area contributed by atoms with Crippen LogP contribution in [0.4, 0.5) is 17.6 Å². The molecule has 3 rings (SSSR count). The van der Waals surface area contributed by atoms with Crippen LogP contribution >= 0.6 is 0 Å². The molecule has 1 aromatic heterocycles. The van der Waals surface area contributed by atoms with Gasteiger partial charge in [-0.05, 0) is 42.8 Å². The van der Waals surface area contributed by atoms with Gasteiger partial charge in [0.1, 0.15) is 22.9 Å². The summed E-state index contributed by atoms with van der Waals surface area (Å²) in [5, 5.41) is 9.44. The minimum Gasteiger partial charge on any atom is -0.508 e. The summed E-state index contributed by atoms with van der Waals surface area (Å²) in [6.45, 7) is 1.48. The fourth-order valence-electron chi connectivity index (χ4n) is 2.22. The van der Waals surface area contributed by atoms with Crippen molar-refractivity contribution in [3.05, 3.63) is 63.8 Å². The van der Waals surface area contributed by atoms with E-state index in [2.05, 4.69) is 0 Å². The first-order chi connectivity index (χ1) is 11.7. The van der Waals surface area contributed by atoms with Gasteiger partial charge in [0.25, 0.3) is 5.76 Å². The number of aromatic hydroxyl groups is 1. The molecule has 25 heavy (non-hydrogen) atoms. The fraction of sp³-hybridized carbons (Fsp3) is 0.118. The second kappa shape index (κ2) is 5.80. The average molecular weight is 354 g/mol. The predicted octanol–water partition coefficient (Wildman–Crippen LogP) is 4.76. The lowest BCUT2D eigenvalue weighted by atomic mass is 10.1. The third-order valence-electron chi connectivity index (χ3n) is 3.46. The number of fused-ring (bicyclic) bond motifs is 1. The van der Waals surface area contributed by atoms with Crippen LogP contribution in [-0.2, 0) is 6.18 Å². The molecular formula is C17H10F4O4. The Bertz CT molecular complexity index is 1000. The van der Waals surface area contributed by atoms with Crippen LogP contribution in [0.2, 0.25) is 0 Å². The third kappa shape index (κ3) is 3.15. The van der Waals surface area contributed by atoms with Crippen molar-refractivity contribution >= 4 is 11.0 Å². The van der Waals surface area contributed by atoms with Crippen LogP contribution in [0.5, 0.6) is 17.2 Å². The van der Waals surface area contributed by atoms with Crippen molar-refractivity contribution in [2.75, 3.05) is 0 Å². The highest BCUT2D eigenvalue weighted by molar-refractivity contribution is 5.81. The number of phenolic OH excluding ortho intramolecular Hbond substituents is 1. The van der Waals surface area contributed by atoms with E-state index < -0.39 is 34.5 Å². The van der Waals surface area contributed by atoms with E-state index in [0.29, 0.717) is 0 Å². The molecule has 0 atom stereocenters. The molecule has 4 nitrogen and oxygen atoms in total. The lowest BCUT2D eigenvalue weighted by molar-refractivity contribution is -0.154. The number of benzene rings is 2. The zero-order chi connectivity index (χ0) is 18.4. The molecule has 0 spiro atoms. The standard InChI is InChI=1S/C17H10F4O4/c1-8-6-11-13(7-12(8)22)25-16(17(19,20)21)15(14(11)23)24-10-4-2-9(18)3-5-10/h2-7,22H,1H3. The molecule has 0 saturated carbocycles. The zero-order valence-corrected chi connectivity index (χ0v) is 12.6. The van der Waals surface area contributed by atoms with E-state index in [1.165, 1.54) is 13.0 Å². The Kier molecular flexibility index (Phi) is 3.90. The van der Waals surface area contributed by atoms with Gasteiger partial charge in [0.15, 0.2) is 0 Å². The maximum absolute atomic E-state index is 13.3. The van der Waals surface area contributed by atoms with Gasteiger partial charge in [-0.15, -0.1) is 0 Å². The highest BCUT2D eigenvalue weighted by atomic mass is 19.4. The second-order valence-electron chi connectivity index (χ2n) is 5.28. The molecule has 0 amide bonds. The fourth-order valence-corrected chi connectivity index (χ4v) is 2.22. The highest BCUT2D eigenvalue weighted by Gasteiger charge is 2.40. The number of ether oxygens (including phenoxy) is 1. The smallest absolute Gasteiger partial charge is 0.453 e. The van der Waals surface area contributed by atoms with E-state index >= 15 is 0 Å². The van der Waals surface area contributed by atoms with E-state index in [0.717, 1.165) is 30.3 Å². The molecule has 0 fully saturated rings. The van der Waals surface area contributed by atoms with Gasteiger partial charge < -0.3 is 14.3 Å². The number of halogens is 4. The zero-order valence-electron chi connectivity index (χ0n) is 12.6. The monoisotopic (exact) mass is 354 g/mol. The van der Waals surface area contributed by atoms with Crippen molar-refractivity contribution in [2.45, 2.75) is 13.1 Å². The minimum absolute atomic E-state index is 0.158. The maximum atomic E-state index is 13.3. The number of hydrogen-bond donors (Lipinski definition) is 1. The second-order valence-corrected chi connectivity index (χ2v) is 5.28. The molecule has 0 aliphatic carbocycles. The minimum atomic E-state index is -5.01. The van der Waals surface area contributed by atoms with Crippen LogP contribution in [0.25, 0.3) is 11.0 Å². The molecule has 1 heterocycles. The lowest BCUT2D eigenvalue weighted by Gasteiger charge is -2.13. The summed E-state index contributed by atoms with van der Waals surface area (Å²) in [7, 11) is 0. The summed E-state index contributed by atoms with van der Waals surface area (Å²) in [6.07, 6.45) is -5.01. The van der Waals surface area contributed by atoms with Gasteiger partial charge >= 0.3 is 6.18 Å². The summed E-state index contributed by atoms with van der Waals surface area (Å²) in [5.74, 6) is -3.78. The number of alkyl halides is 3. The van der Waals surface area contributed by atoms with Crippen molar-refractivity contribution in [1.82, 2.24) is 0 Å². The number of aryl methyl sites for hydroxylation is 1. The van der Waals surface area contributed by atoms with E-state index in [9.17, 15) is 27.5 Å². The summed E-state index contributed by atoms with van der Waals surface area (Å²) < 4.78 is 62.6. The van der Waals surface area contributed by atoms with Crippen molar-refractivity contribution < 1.29 is 31.8 Å². The molecule has 2 aromatic carbocycles. The molecule has 0 aliphatic rings. The van der Waals surface area contributed by atoms with E-state index in [4.69, 9.17) is 9.15 Å². The van der Waals surface area contributed by atoms with Gasteiger partial charge in [-0.2, -0.15) is 13.2 Å². The summed E-state index contributed by atoms with van der Waals surface area (Å²) >= 11 is 0. The van der Waals surface area contributed by atoms with Gasteiger partial charge in [-0.25, -0.2) is 4.39 Å². The molecule has 130 valence electrons.